The molecule has 0 aliphatic heterocycles. The van der Waals surface area contributed by atoms with Crippen LogP contribution in [0.15, 0.2) is 96.2 Å². The maximum atomic E-state index is 10.2. The second-order valence-electron chi connectivity index (χ2n) is 7.48. The van der Waals surface area contributed by atoms with Crippen molar-refractivity contribution in [1.29, 1.82) is 0 Å². The number of ether oxygens (including phenoxy) is 3. The van der Waals surface area contributed by atoms with Gasteiger partial charge < -0.3 is 24.2 Å². The number of aliphatic hydroxyl groups excluding tert-OH is 1. The maximum absolute atomic E-state index is 10.2. The second kappa shape index (κ2) is 14.2. The molecule has 6 nitrogen and oxygen atoms in total. The molecule has 3 aromatic rings. The smallest absolute Gasteiger partial charge is 0.125 e. The Morgan fingerprint density at radius 2 is 1.15 bits per heavy atom. The minimum atomic E-state index is -0.641. The van der Waals surface area contributed by atoms with E-state index in [9.17, 15) is 5.11 Å². The molecule has 3 aromatic carbocycles. The lowest BCUT2D eigenvalue weighted by atomic mass is 10.1. The molecule has 0 fully saturated rings. The molecule has 0 unspecified atom stereocenters. The summed E-state index contributed by atoms with van der Waals surface area (Å²) in [6, 6.07) is 29.5. The van der Waals surface area contributed by atoms with Crippen molar-refractivity contribution in [2.45, 2.75) is 38.1 Å². The van der Waals surface area contributed by atoms with Crippen molar-refractivity contribution in [3.63, 3.8) is 0 Å². The molecule has 174 valence electrons. The number of hydrogen-bond acceptors (Lipinski definition) is 6. The third-order valence-corrected chi connectivity index (χ3v) is 5.06. The molecule has 0 radical (unpaired) electrons. The standard InChI is InChI=1S/C27H31NO5/c1-30-28-17-25(31-19-22-11-5-2-6-12-22)27(33-21-24-15-9-4-10-16-24)26(18-29)32-20-23-13-7-3-8-14-23/h2-17,25-27,29H,18-21H2,1H3/t25-,26+,27+/m0/s1. The van der Waals surface area contributed by atoms with Crippen LogP contribution in [0, 0.1) is 0 Å². The first-order chi connectivity index (χ1) is 16.3. The Morgan fingerprint density at radius 1 is 0.697 bits per heavy atom. The topological polar surface area (TPSA) is 69.5 Å². The van der Waals surface area contributed by atoms with Gasteiger partial charge in [-0.15, -0.1) is 0 Å². The van der Waals surface area contributed by atoms with Crippen LogP contribution < -0.4 is 0 Å². The fraction of sp³-hybridized carbons (Fsp3) is 0.296. The Bertz CT molecular complexity index is 921. The van der Waals surface area contributed by atoms with E-state index in [1.807, 2.05) is 91.0 Å². The molecule has 0 heterocycles. The van der Waals surface area contributed by atoms with E-state index in [4.69, 9.17) is 19.0 Å². The normalized spacial score (nSPS) is 14.1. The van der Waals surface area contributed by atoms with E-state index in [2.05, 4.69) is 5.16 Å². The third-order valence-electron chi connectivity index (χ3n) is 5.06. The van der Waals surface area contributed by atoms with Crippen LogP contribution in [0.4, 0.5) is 0 Å². The Balaban J connectivity index is 1.77. The van der Waals surface area contributed by atoms with Gasteiger partial charge in [-0.3, -0.25) is 0 Å². The van der Waals surface area contributed by atoms with Crippen molar-refractivity contribution in [2.24, 2.45) is 5.16 Å². The molecule has 0 aromatic heterocycles. The Kier molecular flexibility index (Phi) is 10.6. The van der Waals surface area contributed by atoms with E-state index in [0.717, 1.165) is 16.7 Å². The number of oxime groups is 1. The van der Waals surface area contributed by atoms with E-state index in [1.165, 1.54) is 7.11 Å². The molecule has 0 bridgehead atoms. The van der Waals surface area contributed by atoms with Gasteiger partial charge >= 0.3 is 0 Å². The van der Waals surface area contributed by atoms with E-state index in [1.54, 1.807) is 6.21 Å². The predicted octanol–water partition coefficient (Wildman–Crippen LogP) is 4.37. The van der Waals surface area contributed by atoms with Crippen molar-refractivity contribution >= 4 is 6.21 Å². The summed E-state index contributed by atoms with van der Waals surface area (Å²) in [6.07, 6.45) is -0.325. The largest absolute Gasteiger partial charge is 0.399 e. The summed E-state index contributed by atoms with van der Waals surface area (Å²) >= 11 is 0. The maximum Gasteiger partial charge on any atom is 0.125 e. The van der Waals surface area contributed by atoms with Gasteiger partial charge in [0.25, 0.3) is 0 Å². The molecule has 3 rings (SSSR count). The lowest BCUT2D eigenvalue weighted by molar-refractivity contribution is -0.144. The molecular formula is C27H31NO5. The van der Waals surface area contributed by atoms with Gasteiger partial charge in [-0.2, -0.15) is 0 Å². The van der Waals surface area contributed by atoms with Crippen molar-refractivity contribution in [1.82, 2.24) is 0 Å². The lowest BCUT2D eigenvalue weighted by Crippen LogP contribution is -2.45. The quantitative estimate of drug-likeness (QED) is 0.292. The van der Waals surface area contributed by atoms with Crippen LogP contribution in [0.1, 0.15) is 16.7 Å². The van der Waals surface area contributed by atoms with Crippen molar-refractivity contribution in [3.8, 4) is 0 Å². The van der Waals surface area contributed by atoms with Crippen LogP contribution in [0.2, 0.25) is 0 Å². The molecule has 0 spiro atoms. The first kappa shape index (κ1) is 24.6. The van der Waals surface area contributed by atoms with E-state index in [0.29, 0.717) is 19.8 Å². The molecule has 0 aliphatic rings. The summed E-state index contributed by atoms with van der Waals surface area (Å²) in [7, 11) is 1.47. The number of aliphatic hydroxyl groups is 1. The molecule has 6 heteroatoms. The SMILES string of the molecule is CON=C[C@H](OCc1ccccc1)[C@@H](OCc1ccccc1)[C@@H](CO)OCc1ccccc1. The van der Waals surface area contributed by atoms with Crippen molar-refractivity contribution < 1.29 is 24.2 Å². The van der Waals surface area contributed by atoms with Gasteiger partial charge in [-0.1, -0.05) is 96.2 Å². The molecule has 1 N–H and O–H groups in total. The first-order valence-corrected chi connectivity index (χ1v) is 10.9. The van der Waals surface area contributed by atoms with Gasteiger partial charge in [0, 0.05) is 0 Å². The Hall–Kier alpha value is -3.03. The predicted molar refractivity (Wildman–Crippen MR) is 128 cm³/mol. The molecule has 33 heavy (non-hydrogen) atoms. The molecule has 0 saturated carbocycles. The number of hydrogen-bond donors (Lipinski definition) is 1. The summed E-state index contributed by atoms with van der Waals surface area (Å²) in [5, 5.41) is 14.1. The van der Waals surface area contributed by atoms with Crippen LogP contribution in [0.5, 0.6) is 0 Å². The number of benzene rings is 3. The van der Waals surface area contributed by atoms with Crippen LogP contribution >= 0.6 is 0 Å². The van der Waals surface area contributed by atoms with Gasteiger partial charge in [-0.25, -0.2) is 0 Å². The van der Waals surface area contributed by atoms with E-state index in [-0.39, 0.29) is 6.61 Å². The summed E-state index contributed by atoms with van der Waals surface area (Å²) < 4.78 is 18.5. The highest BCUT2D eigenvalue weighted by molar-refractivity contribution is 5.63. The minimum absolute atomic E-state index is 0.238. The summed E-state index contributed by atoms with van der Waals surface area (Å²) in [5.74, 6) is 0. The fourth-order valence-corrected chi connectivity index (χ4v) is 3.32. The van der Waals surface area contributed by atoms with Gasteiger partial charge in [-0.05, 0) is 16.7 Å². The molecule has 0 saturated heterocycles. The number of nitrogens with zero attached hydrogens (tertiary/aromatic N) is 1. The van der Waals surface area contributed by atoms with Crippen LogP contribution in [0.25, 0.3) is 0 Å². The van der Waals surface area contributed by atoms with Crippen molar-refractivity contribution in [3.05, 3.63) is 108 Å². The Morgan fingerprint density at radius 3 is 1.61 bits per heavy atom. The van der Waals surface area contributed by atoms with Gasteiger partial charge in [0.15, 0.2) is 0 Å². The molecular weight excluding hydrogens is 418 g/mol. The van der Waals surface area contributed by atoms with E-state index < -0.39 is 18.3 Å². The zero-order valence-corrected chi connectivity index (χ0v) is 18.8. The lowest BCUT2D eigenvalue weighted by Gasteiger charge is -2.31. The van der Waals surface area contributed by atoms with Crippen LogP contribution in [0.3, 0.4) is 0 Å². The van der Waals surface area contributed by atoms with Crippen molar-refractivity contribution in [2.75, 3.05) is 13.7 Å². The molecule has 0 aliphatic carbocycles. The van der Waals surface area contributed by atoms with E-state index >= 15 is 0 Å². The second-order valence-corrected chi connectivity index (χ2v) is 7.48. The summed E-state index contributed by atoms with van der Waals surface area (Å²) in [6.45, 7) is 0.786. The zero-order valence-electron chi connectivity index (χ0n) is 18.8. The summed E-state index contributed by atoms with van der Waals surface area (Å²) in [4.78, 5) is 4.91. The molecule has 0 amide bonds. The van der Waals surface area contributed by atoms with Crippen LogP contribution in [-0.4, -0.2) is 43.3 Å². The third kappa shape index (κ3) is 8.44. The highest BCUT2D eigenvalue weighted by Crippen LogP contribution is 2.18. The minimum Gasteiger partial charge on any atom is -0.399 e. The zero-order chi connectivity index (χ0) is 23.1. The summed E-state index contributed by atoms with van der Waals surface area (Å²) in [5.41, 5.74) is 3.03. The van der Waals surface area contributed by atoms with Gasteiger partial charge in [0.2, 0.25) is 0 Å². The average molecular weight is 450 g/mol. The average Bonchev–Trinajstić information content (AvgIpc) is 2.88. The highest BCUT2D eigenvalue weighted by Gasteiger charge is 2.31. The fourth-order valence-electron chi connectivity index (χ4n) is 3.32. The highest BCUT2D eigenvalue weighted by atomic mass is 16.6. The van der Waals surface area contributed by atoms with Gasteiger partial charge in [0.1, 0.15) is 25.4 Å². The first-order valence-electron chi connectivity index (χ1n) is 10.9. The van der Waals surface area contributed by atoms with Crippen LogP contribution in [-0.2, 0) is 38.9 Å². The number of rotatable bonds is 14. The Labute approximate surface area is 195 Å². The molecule has 3 atom stereocenters. The monoisotopic (exact) mass is 449 g/mol. The van der Waals surface area contributed by atoms with Gasteiger partial charge in [0.05, 0.1) is 32.6 Å².